The van der Waals surface area contributed by atoms with Crippen LogP contribution in [0, 0.1) is 12.7 Å². The number of likely N-dealkylation sites (tertiary alicyclic amines) is 1. The van der Waals surface area contributed by atoms with E-state index in [-0.39, 0.29) is 17.9 Å². The highest BCUT2D eigenvalue weighted by atomic mass is 19.1. The number of rotatable bonds is 4. The molecule has 1 amide bonds. The number of hydrogen-bond acceptors (Lipinski definition) is 4. The highest BCUT2D eigenvalue weighted by Crippen LogP contribution is 2.40. The fourth-order valence-electron chi connectivity index (χ4n) is 3.47. The first kappa shape index (κ1) is 18.7. The second kappa shape index (κ2) is 7.39. The minimum atomic E-state index is -0.859. The largest absolute Gasteiger partial charge is 0.507 e. The number of aliphatic hydroxyl groups excluding tert-OH is 1. The second-order valence-corrected chi connectivity index (χ2v) is 6.92. The Kier molecular flexibility index (Phi) is 4.76. The molecule has 1 aliphatic rings. The number of benzene rings is 2. The van der Waals surface area contributed by atoms with Crippen LogP contribution >= 0.6 is 0 Å². The van der Waals surface area contributed by atoms with Crippen molar-refractivity contribution < 1.29 is 23.5 Å². The van der Waals surface area contributed by atoms with Gasteiger partial charge in [0.1, 0.15) is 17.3 Å². The molecule has 1 saturated heterocycles. The number of hydrogen-bond donors (Lipinski definition) is 1. The maximum absolute atomic E-state index is 13.5. The SMILES string of the molecule is Cc1ccc(C(O)=C2C(=O)C(=O)N(Cc3ccco3)C2c2ccc(F)cc2)cc1. The Balaban J connectivity index is 1.86. The number of furan rings is 1. The molecule has 1 aromatic heterocycles. The molecule has 1 fully saturated rings. The zero-order valence-electron chi connectivity index (χ0n) is 15.6. The molecule has 0 spiro atoms. The number of nitrogens with zero attached hydrogens (tertiary/aromatic N) is 1. The summed E-state index contributed by atoms with van der Waals surface area (Å²) in [5.74, 6) is -1.74. The molecule has 6 heteroatoms. The first-order valence-corrected chi connectivity index (χ1v) is 9.09. The zero-order valence-corrected chi connectivity index (χ0v) is 15.6. The molecule has 0 radical (unpaired) electrons. The van der Waals surface area contributed by atoms with Crippen LogP contribution in [0.3, 0.4) is 0 Å². The van der Waals surface area contributed by atoms with Crippen LogP contribution in [-0.4, -0.2) is 21.7 Å². The normalized spacial score (nSPS) is 18.4. The number of aryl methyl sites for hydroxylation is 1. The molecule has 1 unspecified atom stereocenters. The third-order valence-corrected chi connectivity index (χ3v) is 4.96. The zero-order chi connectivity index (χ0) is 20.5. The van der Waals surface area contributed by atoms with Gasteiger partial charge in [0.15, 0.2) is 0 Å². The quantitative estimate of drug-likeness (QED) is 0.408. The Morgan fingerprint density at radius 2 is 1.76 bits per heavy atom. The lowest BCUT2D eigenvalue weighted by Crippen LogP contribution is -2.29. The van der Waals surface area contributed by atoms with Crippen molar-refractivity contribution in [1.82, 2.24) is 4.90 Å². The summed E-state index contributed by atoms with van der Waals surface area (Å²) in [5.41, 5.74) is 1.91. The van der Waals surface area contributed by atoms with Gasteiger partial charge < -0.3 is 14.4 Å². The van der Waals surface area contributed by atoms with Crippen LogP contribution < -0.4 is 0 Å². The van der Waals surface area contributed by atoms with Crippen molar-refractivity contribution in [3.05, 3.63) is 101 Å². The van der Waals surface area contributed by atoms with Gasteiger partial charge in [-0.05, 0) is 36.8 Å². The number of Topliss-reactive ketones (excluding diaryl/α,β-unsaturated/α-hetero) is 1. The van der Waals surface area contributed by atoms with Gasteiger partial charge in [0, 0.05) is 5.56 Å². The lowest BCUT2D eigenvalue weighted by atomic mass is 9.95. The molecule has 0 bridgehead atoms. The average Bonchev–Trinajstić information content (AvgIpc) is 3.31. The van der Waals surface area contributed by atoms with Crippen LogP contribution in [0.25, 0.3) is 5.76 Å². The summed E-state index contributed by atoms with van der Waals surface area (Å²) < 4.78 is 18.8. The summed E-state index contributed by atoms with van der Waals surface area (Å²) in [6.07, 6.45) is 1.48. The van der Waals surface area contributed by atoms with E-state index in [0.717, 1.165) is 5.56 Å². The van der Waals surface area contributed by atoms with E-state index in [1.165, 1.54) is 35.4 Å². The fraction of sp³-hybridized carbons (Fsp3) is 0.130. The first-order chi connectivity index (χ1) is 14.0. The molecular formula is C23H18FNO4. The van der Waals surface area contributed by atoms with Crippen molar-refractivity contribution in [1.29, 1.82) is 0 Å². The standard InChI is InChI=1S/C23H18FNO4/c1-14-4-6-16(7-5-14)21(26)19-20(15-8-10-17(24)11-9-15)25(23(28)22(19)27)13-18-3-2-12-29-18/h2-12,20,26H,13H2,1H3. The number of amides is 1. The fourth-order valence-corrected chi connectivity index (χ4v) is 3.47. The van der Waals surface area contributed by atoms with Gasteiger partial charge in [-0.15, -0.1) is 0 Å². The second-order valence-electron chi connectivity index (χ2n) is 6.92. The van der Waals surface area contributed by atoms with Crippen LogP contribution in [0.5, 0.6) is 0 Å². The number of carbonyl (C=O) groups is 2. The molecular weight excluding hydrogens is 373 g/mol. The topological polar surface area (TPSA) is 70.8 Å². The van der Waals surface area contributed by atoms with Crippen LogP contribution in [-0.2, 0) is 16.1 Å². The highest BCUT2D eigenvalue weighted by Gasteiger charge is 2.46. The lowest BCUT2D eigenvalue weighted by molar-refractivity contribution is -0.140. The molecule has 4 rings (SSSR count). The van der Waals surface area contributed by atoms with E-state index in [1.54, 1.807) is 36.4 Å². The molecule has 2 aromatic carbocycles. The number of carbonyl (C=O) groups excluding carboxylic acids is 2. The lowest BCUT2D eigenvalue weighted by Gasteiger charge is -2.24. The van der Waals surface area contributed by atoms with E-state index in [4.69, 9.17) is 4.42 Å². The molecule has 1 aliphatic heterocycles. The molecule has 0 aliphatic carbocycles. The van der Waals surface area contributed by atoms with Gasteiger partial charge in [-0.2, -0.15) is 0 Å². The average molecular weight is 391 g/mol. The highest BCUT2D eigenvalue weighted by molar-refractivity contribution is 6.46. The maximum atomic E-state index is 13.5. The molecule has 2 heterocycles. The Morgan fingerprint density at radius 3 is 2.38 bits per heavy atom. The number of ketones is 1. The predicted octanol–water partition coefficient (Wildman–Crippen LogP) is 4.35. The minimum absolute atomic E-state index is 0.0305. The summed E-state index contributed by atoms with van der Waals surface area (Å²) >= 11 is 0. The van der Waals surface area contributed by atoms with Crippen molar-refractivity contribution >= 4 is 17.4 Å². The summed E-state index contributed by atoms with van der Waals surface area (Å²) in [6, 6.07) is 15.0. The van der Waals surface area contributed by atoms with Gasteiger partial charge in [-0.3, -0.25) is 9.59 Å². The predicted molar refractivity (Wildman–Crippen MR) is 104 cm³/mol. The molecule has 0 saturated carbocycles. The van der Waals surface area contributed by atoms with Gasteiger partial charge in [0.05, 0.1) is 24.4 Å². The third-order valence-electron chi connectivity index (χ3n) is 4.96. The summed E-state index contributed by atoms with van der Waals surface area (Å²) in [4.78, 5) is 27.0. The molecule has 5 nitrogen and oxygen atoms in total. The van der Waals surface area contributed by atoms with Crippen LogP contribution in [0.4, 0.5) is 4.39 Å². The van der Waals surface area contributed by atoms with Gasteiger partial charge in [0.25, 0.3) is 11.7 Å². The molecule has 3 aromatic rings. The maximum Gasteiger partial charge on any atom is 0.296 e. The van der Waals surface area contributed by atoms with E-state index in [2.05, 4.69) is 0 Å². The third kappa shape index (κ3) is 3.45. The molecule has 146 valence electrons. The van der Waals surface area contributed by atoms with Crippen molar-refractivity contribution in [2.75, 3.05) is 0 Å². The van der Waals surface area contributed by atoms with E-state index < -0.39 is 23.5 Å². The van der Waals surface area contributed by atoms with E-state index in [1.807, 2.05) is 6.92 Å². The Morgan fingerprint density at radius 1 is 1.07 bits per heavy atom. The van der Waals surface area contributed by atoms with Crippen LogP contribution in [0.1, 0.15) is 28.5 Å². The molecule has 1 atom stereocenters. The Labute approximate surface area is 166 Å². The number of aliphatic hydroxyl groups is 1. The Hall–Kier alpha value is -3.67. The van der Waals surface area contributed by atoms with Crippen LogP contribution in [0.2, 0.25) is 0 Å². The van der Waals surface area contributed by atoms with Gasteiger partial charge in [-0.25, -0.2) is 4.39 Å². The van der Waals surface area contributed by atoms with Gasteiger partial charge >= 0.3 is 0 Å². The molecule has 1 N–H and O–H groups in total. The van der Waals surface area contributed by atoms with E-state index in [0.29, 0.717) is 16.9 Å². The monoisotopic (exact) mass is 391 g/mol. The molecule has 29 heavy (non-hydrogen) atoms. The number of halogens is 1. The van der Waals surface area contributed by atoms with Gasteiger partial charge in [-0.1, -0.05) is 42.0 Å². The summed E-state index contributed by atoms with van der Waals surface area (Å²) in [6.45, 7) is 1.95. The van der Waals surface area contributed by atoms with Crippen molar-refractivity contribution in [2.24, 2.45) is 0 Å². The summed E-state index contributed by atoms with van der Waals surface area (Å²) in [7, 11) is 0. The Bertz CT molecular complexity index is 1080. The van der Waals surface area contributed by atoms with E-state index >= 15 is 0 Å². The van der Waals surface area contributed by atoms with Crippen molar-refractivity contribution in [3.63, 3.8) is 0 Å². The summed E-state index contributed by atoms with van der Waals surface area (Å²) in [5, 5.41) is 10.9. The smallest absolute Gasteiger partial charge is 0.296 e. The van der Waals surface area contributed by atoms with Gasteiger partial charge in [0.2, 0.25) is 0 Å². The van der Waals surface area contributed by atoms with Crippen LogP contribution in [0.15, 0.2) is 76.9 Å². The minimum Gasteiger partial charge on any atom is -0.507 e. The van der Waals surface area contributed by atoms with E-state index in [9.17, 15) is 19.1 Å². The van der Waals surface area contributed by atoms with Crippen molar-refractivity contribution in [2.45, 2.75) is 19.5 Å². The van der Waals surface area contributed by atoms with Crippen molar-refractivity contribution in [3.8, 4) is 0 Å². The first-order valence-electron chi connectivity index (χ1n) is 9.09.